The lowest BCUT2D eigenvalue weighted by Crippen LogP contribution is -2.35. The summed E-state index contributed by atoms with van der Waals surface area (Å²) in [6, 6.07) is 9.33. The molecule has 0 radical (unpaired) electrons. The Bertz CT molecular complexity index is 1140. The lowest BCUT2D eigenvalue weighted by atomic mass is 10.1. The molecule has 1 aliphatic rings. The summed E-state index contributed by atoms with van der Waals surface area (Å²) in [7, 11) is 0. The quantitative estimate of drug-likeness (QED) is 0.413. The Hall–Kier alpha value is -2.94. The number of hydrogen-bond acceptors (Lipinski definition) is 7. The number of esters is 1. The van der Waals surface area contributed by atoms with E-state index in [1.54, 1.807) is 24.3 Å². The second-order valence-corrected chi connectivity index (χ2v) is 7.43. The molecule has 1 aliphatic heterocycles. The predicted molar refractivity (Wildman–Crippen MR) is 106 cm³/mol. The van der Waals surface area contributed by atoms with E-state index in [-0.39, 0.29) is 39.6 Å². The van der Waals surface area contributed by atoms with E-state index in [9.17, 15) is 14.4 Å². The van der Waals surface area contributed by atoms with Gasteiger partial charge in [-0.05, 0) is 36.4 Å². The highest BCUT2D eigenvalue weighted by Crippen LogP contribution is 2.31. The highest BCUT2D eigenvalue weighted by molar-refractivity contribution is 6.43. The van der Waals surface area contributed by atoms with E-state index in [0.29, 0.717) is 10.6 Å². The van der Waals surface area contributed by atoms with Gasteiger partial charge in [0, 0.05) is 10.6 Å². The summed E-state index contributed by atoms with van der Waals surface area (Å²) in [5, 5.41) is 8.49. The van der Waals surface area contributed by atoms with Crippen LogP contribution in [-0.2, 0) is 16.1 Å². The molecule has 3 aromatic rings. The monoisotopic (exact) mass is 465 g/mol. The second-order valence-electron chi connectivity index (χ2n) is 6.18. The van der Waals surface area contributed by atoms with Crippen LogP contribution in [-0.4, -0.2) is 39.4 Å². The first-order valence-corrected chi connectivity index (χ1v) is 9.56. The predicted octanol–water partition coefficient (Wildman–Crippen LogP) is 4.04. The van der Waals surface area contributed by atoms with Gasteiger partial charge in [-0.1, -0.05) is 34.8 Å². The van der Waals surface area contributed by atoms with Gasteiger partial charge in [-0.2, -0.15) is 0 Å². The topological polar surface area (TPSA) is 103 Å². The molecule has 11 heteroatoms. The molecule has 0 spiro atoms. The van der Waals surface area contributed by atoms with Crippen molar-refractivity contribution in [2.24, 2.45) is 0 Å². The fraction of sp³-hybridized carbons (Fsp3) is 0.105. The summed E-state index contributed by atoms with van der Waals surface area (Å²) in [5.74, 6) is -1.87. The van der Waals surface area contributed by atoms with Crippen LogP contribution in [0, 0.1) is 0 Å². The standard InChI is InChI=1S/C19H10Cl3N3O5/c20-10-3-1-9(2-4-10)17-24-23-15(30-17)8-29-16(26)7-25-18(27)11-5-13(21)14(22)6-12(11)19(25)28/h1-6H,7-8H2. The fourth-order valence-corrected chi connectivity index (χ4v) is 3.22. The summed E-state index contributed by atoms with van der Waals surface area (Å²) < 4.78 is 10.5. The van der Waals surface area contributed by atoms with Gasteiger partial charge in [0.1, 0.15) is 6.54 Å². The molecule has 0 saturated carbocycles. The van der Waals surface area contributed by atoms with Gasteiger partial charge in [-0.25, -0.2) is 0 Å². The normalized spacial score (nSPS) is 13.0. The minimum atomic E-state index is -0.826. The third kappa shape index (κ3) is 3.89. The fourth-order valence-electron chi connectivity index (χ4n) is 2.77. The zero-order valence-electron chi connectivity index (χ0n) is 14.9. The number of imide groups is 1. The van der Waals surface area contributed by atoms with Crippen LogP contribution in [0.15, 0.2) is 40.8 Å². The van der Waals surface area contributed by atoms with Crippen molar-refractivity contribution in [2.75, 3.05) is 6.54 Å². The zero-order chi connectivity index (χ0) is 21.4. The van der Waals surface area contributed by atoms with Gasteiger partial charge in [-0.3, -0.25) is 19.3 Å². The maximum absolute atomic E-state index is 12.4. The number of benzene rings is 2. The third-order valence-corrected chi connectivity index (χ3v) is 5.19. The second kappa shape index (κ2) is 8.06. The van der Waals surface area contributed by atoms with Gasteiger partial charge < -0.3 is 9.15 Å². The SMILES string of the molecule is O=C(CN1C(=O)c2cc(Cl)c(Cl)cc2C1=O)OCc1nnc(-c2ccc(Cl)cc2)o1. The van der Waals surface area contributed by atoms with E-state index in [1.807, 2.05) is 0 Å². The Balaban J connectivity index is 1.38. The molecule has 0 saturated heterocycles. The van der Waals surface area contributed by atoms with E-state index in [0.717, 1.165) is 4.90 Å². The Kier molecular flexibility index (Phi) is 5.46. The molecule has 8 nitrogen and oxygen atoms in total. The summed E-state index contributed by atoms with van der Waals surface area (Å²) in [6.45, 7) is -0.903. The number of hydrogen-bond donors (Lipinski definition) is 0. The van der Waals surface area contributed by atoms with Crippen LogP contribution in [0.1, 0.15) is 26.6 Å². The highest BCUT2D eigenvalue weighted by atomic mass is 35.5. The average Bonchev–Trinajstić information content (AvgIpc) is 3.28. The first-order chi connectivity index (χ1) is 14.3. The number of carbonyl (C=O) groups excluding carboxylic acids is 3. The van der Waals surface area contributed by atoms with Crippen LogP contribution in [0.4, 0.5) is 0 Å². The van der Waals surface area contributed by atoms with Crippen molar-refractivity contribution in [2.45, 2.75) is 6.61 Å². The lowest BCUT2D eigenvalue weighted by molar-refractivity contribution is -0.145. The van der Waals surface area contributed by atoms with Crippen LogP contribution in [0.5, 0.6) is 0 Å². The maximum Gasteiger partial charge on any atom is 0.326 e. The molecular weight excluding hydrogens is 457 g/mol. The number of ether oxygens (including phenoxy) is 1. The van der Waals surface area contributed by atoms with Crippen molar-refractivity contribution in [3.63, 3.8) is 0 Å². The average molecular weight is 467 g/mol. The van der Waals surface area contributed by atoms with Gasteiger partial charge in [0.25, 0.3) is 17.7 Å². The van der Waals surface area contributed by atoms with Crippen LogP contribution in [0.2, 0.25) is 15.1 Å². The number of nitrogens with zero attached hydrogens (tertiary/aromatic N) is 3. The van der Waals surface area contributed by atoms with E-state index < -0.39 is 24.3 Å². The molecule has 2 heterocycles. The van der Waals surface area contributed by atoms with E-state index in [2.05, 4.69) is 10.2 Å². The molecular formula is C19H10Cl3N3O5. The summed E-state index contributed by atoms with van der Waals surface area (Å²) in [6.07, 6.45) is 0. The van der Waals surface area contributed by atoms with Crippen molar-refractivity contribution in [3.8, 4) is 11.5 Å². The van der Waals surface area contributed by atoms with Gasteiger partial charge in [0.2, 0.25) is 5.89 Å². The van der Waals surface area contributed by atoms with E-state index in [4.69, 9.17) is 44.0 Å². The summed E-state index contributed by atoms with van der Waals surface area (Å²) in [4.78, 5) is 37.7. The van der Waals surface area contributed by atoms with Gasteiger partial charge in [-0.15, -0.1) is 10.2 Å². The van der Waals surface area contributed by atoms with Gasteiger partial charge >= 0.3 is 5.97 Å². The summed E-state index contributed by atoms with van der Waals surface area (Å²) >= 11 is 17.6. The van der Waals surface area contributed by atoms with Crippen molar-refractivity contribution in [3.05, 3.63) is 68.5 Å². The molecule has 2 aromatic carbocycles. The first-order valence-electron chi connectivity index (χ1n) is 8.42. The van der Waals surface area contributed by atoms with Gasteiger partial charge in [0.15, 0.2) is 6.61 Å². The first kappa shape index (κ1) is 20.3. The van der Waals surface area contributed by atoms with Crippen molar-refractivity contribution in [1.82, 2.24) is 15.1 Å². The number of halogens is 3. The van der Waals surface area contributed by atoms with Gasteiger partial charge in [0.05, 0.1) is 21.2 Å². The Morgan fingerprint density at radius 1 is 0.967 bits per heavy atom. The molecule has 0 N–H and O–H groups in total. The molecule has 30 heavy (non-hydrogen) atoms. The molecule has 4 rings (SSSR count). The molecule has 0 unspecified atom stereocenters. The van der Waals surface area contributed by atoms with Crippen molar-refractivity contribution in [1.29, 1.82) is 0 Å². The number of rotatable bonds is 5. The molecule has 0 atom stereocenters. The number of aromatic nitrogens is 2. The summed E-state index contributed by atoms with van der Waals surface area (Å²) in [5.41, 5.74) is 0.797. The van der Waals surface area contributed by atoms with Crippen molar-refractivity contribution >= 4 is 52.6 Å². The van der Waals surface area contributed by atoms with Crippen molar-refractivity contribution < 1.29 is 23.5 Å². The smallest absolute Gasteiger partial charge is 0.326 e. The van der Waals surface area contributed by atoms with E-state index >= 15 is 0 Å². The molecule has 1 aromatic heterocycles. The lowest BCUT2D eigenvalue weighted by Gasteiger charge is -2.12. The van der Waals surface area contributed by atoms with Crippen LogP contribution >= 0.6 is 34.8 Å². The highest BCUT2D eigenvalue weighted by Gasteiger charge is 2.37. The Morgan fingerprint density at radius 3 is 2.17 bits per heavy atom. The minimum Gasteiger partial charge on any atom is -0.454 e. The minimum absolute atomic E-state index is 0.0502. The maximum atomic E-state index is 12.4. The molecule has 0 bridgehead atoms. The van der Waals surface area contributed by atoms with Crippen LogP contribution in [0.3, 0.4) is 0 Å². The van der Waals surface area contributed by atoms with Crippen LogP contribution in [0.25, 0.3) is 11.5 Å². The largest absolute Gasteiger partial charge is 0.454 e. The third-order valence-electron chi connectivity index (χ3n) is 4.21. The Morgan fingerprint density at radius 2 is 1.57 bits per heavy atom. The van der Waals surface area contributed by atoms with Crippen LogP contribution < -0.4 is 0 Å². The number of amides is 2. The number of fused-ring (bicyclic) bond motifs is 1. The molecule has 152 valence electrons. The molecule has 0 aliphatic carbocycles. The zero-order valence-corrected chi connectivity index (χ0v) is 17.2. The molecule has 2 amide bonds. The van der Waals surface area contributed by atoms with E-state index in [1.165, 1.54) is 12.1 Å². The Labute approximate surface area is 184 Å². The molecule has 0 fully saturated rings. The number of carbonyl (C=O) groups is 3.